The van der Waals surface area contributed by atoms with Gasteiger partial charge in [0, 0.05) is 12.8 Å². The van der Waals surface area contributed by atoms with Crippen molar-refractivity contribution in [3.63, 3.8) is 0 Å². The maximum atomic E-state index is 12.8. The van der Waals surface area contributed by atoms with Gasteiger partial charge in [-0.15, -0.1) is 0 Å². The van der Waals surface area contributed by atoms with Crippen molar-refractivity contribution in [1.82, 2.24) is 0 Å². The third kappa shape index (κ3) is 52.2. The number of carbonyl (C=O) groups is 2. The lowest BCUT2D eigenvalue weighted by atomic mass is 10.1. The molecule has 0 aliphatic rings. The number of hydrogen-bond acceptors (Lipinski definition) is 7. The summed E-state index contributed by atoms with van der Waals surface area (Å²) in [6.07, 6.45) is 64.5. The van der Waals surface area contributed by atoms with E-state index in [9.17, 15) is 19.0 Å². The fourth-order valence-electron chi connectivity index (χ4n) is 6.75. The molecule has 0 aliphatic carbocycles. The van der Waals surface area contributed by atoms with E-state index < -0.39 is 26.5 Å². The van der Waals surface area contributed by atoms with Crippen LogP contribution in [0.5, 0.6) is 0 Å². The fourth-order valence-corrected chi connectivity index (χ4v) is 7.49. The highest BCUT2D eigenvalue weighted by Gasteiger charge is 2.27. The molecule has 0 aromatic rings. The Kier molecular flexibility index (Phi) is 45.8. The molecule has 1 N–H and O–H groups in total. The smallest absolute Gasteiger partial charge is 0.462 e. The summed E-state index contributed by atoms with van der Waals surface area (Å²) in [4.78, 5) is 35.6. The standard InChI is InChI=1S/C57H98NO8P/c1-6-8-10-12-14-16-18-20-22-24-26-27-28-29-30-31-32-34-36-38-40-42-44-46-48-50-57(60)66-55(54-65-67(61,62)64-52-51-58(3,4)5)53-63-56(59)49-47-45-43-41-39-37-35-33-25-23-21-19-17-15-13-11-9-7-2/h8,10,14,16-17,19-20,22-23,25-27,29-30,32,34,55H,6-7,9,11-13,15,18,21,24,28,31,33,35-54H2,1-5H3/p+1/b10-8-,16-14-,19-17-,22-20-,25-23-,27-26-,30-29-,34-32-. The first-order valence-corrected chi connectivity index (χ1v) is 28.0. The van der Waals surface area contributed by atoms with Gasteiger partial charge in [0.05, 0.1) is 27.7 Å². The maximum absolute atomic E-state index is 12.8. The lowest BCUT2D eigenvalue weighted by Gasteiger charge is -2.24. The molecule has 0 aromatic carbocycles. The van der Waals surface area contributed by atoms with E-state index in [-0.39, 0.29) is 32.0 Å². The van der Waals surface area contributed by atoms with Gasteiger partial charge in [-0.05, 0) is 96.3 Å². The number of rotatable bonds is 47. The second-order valence-electron chi connectivity index (χ2n) is 18.5. The number of allylic oxidation sites excluding steroid dienone is 16. The quantitative estimate of drug-likeness (QED) is 0.0211. The number of likely N-dealkylation sites (N-methyl/N-ethyl adjacent to an activating group) is 1. The second-order valence-corrected chi connectivity index (χ2v) is 20.0. The van der Waals surface area contributed by atoms with Crippen molar-refractivity contribution in [2.75, 3.05) is 47.5 Å². The first-order valence-electron chi connectivity index (χ1n) is 26.5. The first kappa shape index (κ1) is 63.9. The van der Waals surface area contributed by atoms with E-state index in [4.69, 9.17) is 18.5 Å². The van der Waals surface area contributed by atoms with Crippen molar-refractivity contribution in [2.24, 2.45) is 0 Å². The van der Waals surface area contributed by atoms with Crippen LogP contribution in [0.25, 0.3) is 0 Å². The van der Waals surface area contributed by atoms with Crippen LogP contribution in [-0.4, -0.2) is 74.9 Å². The van der Waals surface area contributed by atoms with Crippen molar-refractivity contribution in [1.29, 1.82) is 0 Å². The van der Waals surface area contributed by atoms with Crippen LogP contribution in [0.2, 0.25) is 0 Å². The van der Waals surface area contributed by atoms with E-state index in [0.717, 1.165) is 116 Å². The number of unbranched alkanes of at least 4 members (excludes halogenated alkanes) is 17. The van der Waals surface area contributed by atoms with Crippen LogP contribution in [0, 0.1) is 0 Å². The van der Waals surface area contributed by atoms with E-state index in [0.29, 0.717) is 17.4 Å². The molecule has 2 unspecified atom stereocenters. The number of quaternary nitrogens is 1. The highest BCUT2D eigenvalue weighted by Crippen LogP contribution is 2.43. The van der Waals surface area contributed by atoms with Crippen molar-refractivity contribution in [2.45, 2.75) is 206 Å². The lowest BCUT2D eigenvalue weighted by Crippen LogP contribution is -2.37. The number of phosphoric ester groups is 1. The van der Waals surface area contributed by atoms with Gasteiger partial charge in [-0.25, -0.2) is 4.57 Å². The summed E-state index contributed by atoms with van der Waals surface area (Å²) in [5, 5.41) is 0. The zero-order chi connectivity index (χ0) is 49.2. The summed E-state index contributed by atoms with van der Waals surface area (Å²) in [5.74, 6) is -0.830. The SMILES string of the molecule is CC/C=C\C/C=C\C/C=C\C/C=C\C/C=C\C/C=C\CCCCCCCCC(=O)OC(COC(=O)CCCCCCCCC/C=C\C/C=C\CCCCCC)COP(=O)(O)OCC[N+](C)(C)C. The summed E-state index contributed by atoms with van der Waals surface area (Å²) in [6, 6.07) is 0. The van der Waals surface area contributed by atoms with E-state index in [1.807, 2.05) is 21.1 Å². The van der Waals surface area contributed by atoms with Gasteiger partial charge in [-0.1, -0.05) is 188 Å². The molecule has 0 heterocycles. The maximum Gasteiger partial charge on any atom is 0.472 e. The number of phosphoric acid groups is 1. The minimum atomic E-state index is -4.40. The highest BCUT2D eigenvalue weighted by atomic mass is 31.2. The molecule has 67 heavy (non-hydrogen) atoms. The van der Waals surface area contributed by atoms with Crippen molar-refractivity contribution >= 4 is 19.8 Å². The Morgan fingerprint density at radius 1 is 0.478 bits per heavy atom. The molecule has 0 aromatic heterocycles. The molecule has 384 valence electrons. The van der Waals surface area contributed by atoms with E-state index in [2.05, 4.69) is 111 Å². The van der Waals surface area contributed by atoms with Gasteiger partial charge in [0.1, 0.15) is 19.8 Å². The van der Waals surface area contributed by atoms with Gasteiger partial charge >= 0.3 is 19.8 Å². The van der Waals surface area contributed by atoms with Gasteiger partial charge in [0.25, 0.3) is 0 Å². The molecule has 0 amide bonds. The first-order chi connectivity index (χ1) is 32.5. The summed E-state index contributed by atoms with van der Waals surface area (Å²) in [7, 11) is 1.45. The average Bonchev–Trinajstić information content (AvgIpc) is 3.29. The second kappa shape index (κ2) is 48.0. The Morgan fingerprint density at radius 3 is 1.27 bits per heavy atom. The normalized spacial score (nSPS) is 14.2. The number of ether oxygens (including phenoxy) is 2. The third-order valence-electron chi connectivity index (χ3n) is 10.8. The number of carbonyl (C=O) groups excluding carboxylic acids is 2. The molecule has 0 radical (unpaired) electrons. The molecule has 0 spiro atoms. The van der Waals surface area contributed by atoms with Crippen molar-refractivity contribution < 1.29 is 42.1 Å². The monoisotopic (exact) mass is 957 g/mol. The molecule has 0 saturated carbocycles. The molecular formula is C57H99NO8P+. The predicted molar refractivity (Wildman–Crippen MR) is 284 cm³/mol. The topological polar surface area (TPSA) is 108 Å². The van der Waals surface area contributed by atoms with Crippen LogP contribution >= 0.6 is 7.82 Å². The van der Waals surface area contributed by atoms with Gasteiger partial charge < -0.3 is 18.9 Å². The molecule has 0 aliphatic heterocycles. The van der Waals surface area contributed by atoms with Crippen LogP contribution in [-0.2, 0) is 32.7 Å². The minimum Gasteiger partial charge on any atom is -0.462 e. The zero-order valence-corrected chi connectivity index (χ0v) is 44.2. The predicted octanol–water partition coefficient (Wildman–Crippen LogP) is 16.1. The van der Waals surface area contributed by atoms with Gasteiger partial charge in [0.15, 0.2) is 6.10 Å². The average molecular weight is 957 g/mol. The van der Waals surface area contributed by atoms with Crippen LogP contribution in [0.4, 0.5) is 0 Å². The van der Waals surface area contributed by atoms with Crippen LogP contribution in [0.3, 0.4) is 0 Å². The molecule has 0 fully saturated rings. The van der Waals surface area contributed by atoms with E-state index in [1.165, 1.54) is 51.4 Å². The Balaban J connectivity index is 4.31. The lowest BCUT2D eigenvalue weighted by molar-refractivity contribution is -0.870. The van der Waals surface area contributed by atoms with Gasteiger partial charge in [0.2, 0.25) is 0 Å². The molecule has 0 rings (SSSR count). The van der Waals surface area contributed by atoms with Crippen molar-refractivity contribution in [3.8, 4) is 0 Å². The zero-order valence-electron chi connectivity index (χ0n) is 43.3. The molecule has 0 saturated heterocycles. The van der Waals surface area contributed by atoms with E-state index in [1.54, 1.807) is 0 Å². The summed E-state index contributed by atoms with van der Waals surface area (Å²) >= 11 is 0. The van der Waals surface area contributed by atoms with E-state index >= 15 is 0 Å². The molecule has 2 atom stereocenters. The molecular weight excluding hydrogens is 858 g/mol. The minimum absolute atomic E-state index is 0.0218. The third-order valence-corrected chi connectivity index (χ3v) is 11.8. The Morgan fingerprint density at radius 2 is 0.851 bits per heavy atom. The summed E-state index contributed by atoms with van der Waals surface area (Å²) in [6.45, 7) is 4.26. The summed E-state index contributed by atoms with van der Waals surface area (Å²) < 4.78 is 34.5. The van der Waals surface area contributed by atoms with Gasteiger partial charge in [-0.2, -0.15) is 0 Å². The highest BCUT2D eigenvalue weighted by molar-refractivity contribution is 7.47. The molecule has 0 bridgehead atoms. The fraction of sp³-hybridized carbons (Fsp3) is 0.684. The largest absolute Gasteiger partial charge is 0.472 e. The van der Waals surface area contributed by atoms with Crippen LogP contribution < -0.4 is 0 Å². The van der Waals surface area contributed by atoms with Crippen LogP contribution in [0.15, 0.2) is 97.2 Å². The summed E-state index contributed by atoms with van der Waals surface area (Å²) in [5.41, 5.74) is 0. The Bertz CT molecular complexity index is 1450. The Hall–Kier alpha value is -3.07. The number of nitrogens with zero attached hydrogens (tertiary/aromatic N) is 1. The molecule has 9 nitrogen and oxygen atoms in total. The Labute approximate surface area is 411 Å². The van der Waals surface area contributed by atoms with Crippen LogP contribution in [0.1, 0.15) is 200 Å². The van der Waals surface area contributed by atoms with Crippen molar-refractivity contribution in [3.05, 3.63) is 97.2 Å². The number of esters is 2. The van der Waals surface area contributed by atoms with Gasteiger partial charge in [-0.3, -0.25) is 18.6 Å². The molecule has 10 heteroatoms. The number of hydrogen-bond donors (Lipinski definition) is 1.